The number of aliphatic hydroxyl groups excluding tert-OH is 2. The third-order valence-electron chi connectivity index (χ3n) is 7.19. The number of benzene rings is 2. The summed E-state index contributed by atoms with van der Waals surface area (Å²) < 4.78 is 11.6. The van der Waals surface area contributed by atoms with Gasteiger partial charge in [-0.3, -0.25) is 9.59 Å². The fraction of sp³-hybridized carbons (Fsp3) is 0.379. The molecule has 0 radical (unpaired) electrons. The topological polar surface area (TPSA) is 124 Å². The van der Waals surface area contributed by atoms with Crippen molar-refractivity contribution in [2.45, 2.75) is 37.5 Å². The van der Waals surface area contributed by atoms with Gasteiger partial charge in [0.1, 0.15) is 24.6 Å². The Balaban J connectivity index is 1.48. The van der Waals surface area contributed by atoms with Crippen molar-refractivity contribution in [2.24, 2.45) is 0 Å². The number of hydrogen-bond donors (Lipinski definition) is 4. The molecule has 0 unspecified atom stereocenters. The molecule has 2 aliphatic rings. The van der Waals surface area contributed by atoms with Gasteiger partial charge in [0.05, 0.1) is 18.6 Å². The predicted octanol–water partition coefficient (Wildman–Crippen LogP) is 1.90. The Bertz CT molecular complexity index is 1300. The fourth-order valence-electron chi connectivity index (χ4n) is 5.41. The van der Waals surface area contributed by atoms with E-state index in [0.29, 0.717) is 30.9 Å². The molecule has 9 nitrogen and oxygen atoms in total. The van der Waals surface area contributed by atoms with E-state index in [-0.39, 0.29) is 31.6 Å². The molecule has 4 N–H and O–H groups in total. The molecule has 2 amide bonds. The summed E-state index contributed by atoms with van der Waals surface area (Å²) in [5.41, 5.74) is 3.18. The molecule has 0 bridgehead atoms. The lowest BCUT2D eigenvalue weighted by molar-refractivity contribution is -0.141. The highest BCUT2D eigenvalue weighted by Gasteiger charge is 2.50. The van der Waals surface area contributed by atoms with E-state index >= 15 is 0 Å². The van der Waals surface area contributed by atoms with Crippen LogP contribution < -0.4 is 10.1 Å². The van der Waals surface area contributed by atoms with Gasteiger partial charge in [-0.1, -0.05) is 36.4 Å². The monoisotopic (exact) mass is 519 g/mol. The zero-order valence-corrected chi connectivity index (χ0v) is 21.3. The Kier molecular flexibility index (Phi) is 7.78. The summed E-state index contributed by atoms with van der Waals surface area (Å²) in [5.74, 6) is -0.534. The highest BCUT2D eigenvalue weighted by atomic mass is 16.5. The molecule has 0 saturated carbocycles. The van der Waals surface area contributed by atoms with E-state index in [1.165, 1.54) is 0 Å². The lowest BCUT2D eigenvalue weighted by Gasteiger charge is -2.40. The van der Waals surface area contributed by atoms with Crippen molar-refractivity contribution in [2.75, 3.05) is 32.9 Å². The minimum Gasteiger partial charge on any atom is -0.486 e. The molecule has 4 atom stereocenters. The smallest absolute Gasteiger partial charge is 0.249 e. The van der Waals surface area contributed by atoms with Gasteiger partial charge in [0.25, 0.3) is 0 Å². The molecule has 1 aliphatic heterocycles. The van der Waals surface area contributed by atoms with E-state index in [9.17, 15) is 19.8 Å². The first-order valence-electron chi connectivity index (χ1n) is 13.0. The molecular weight excluding hydrogens is 486 g/mol. The lowest BCUT2D eigenvalue weighted by Crippen LogP contribution is -2.56. The molecule has 0 fully saturated rings. The SMILES string of the molecule is CCOCC(=O)N(CCc1cc2ccccc2[nH]1)[C@@H]1C=C(C(=O)NCCO)[C@@H]2c3ccccc3O[C@@H]2[C@H]1O. The average molecular weight is 520 g/mol. The maximum Gasteiger partial charge on any atom is 0.249 e. The van der Waals surface area contributed by atoms with E-state index in [4.69, 9.17) is 9.47 Å². The molecule has 3 aromatic rings. The molecular formula is C29H33N3O6. The van der Waals surface area contributed by atoms with Gasteiger partial charge in [0.2, 0.25) is 11.8 Å². The summed E-state index contributed by atoms with van der Waals surface area (Å²) in [4.78, 5) is 31.6. The number of aliphatic hydroxyl groups is 2. The maximum absolute atomic E-state index is 13.4. The molecule has 0 saturated heterocycles. The quantitative estimate of drug-likeness (QED) is 0.324. The number of rotatable bonds is 10. The highest BCUT2D eigenvalue weighted by Crippen LogP contribution is 2.47. The van der Waals surface area contributed by atoms with E-state index in [2.05, 4.69) is 10.3 Å². The number of amides is 2. The number of H-pyrrole nitrogens is 1. The summed E-state index contributed by atoms with van der Waals surface area (Å²) >= 11 is 0. The molecule has 5 rings (SSSR count). The van der Waals surface area contributed by atoms with Gasteiger partial charge < -0.3 is 34.9 Å². The zero-order chi connectivity index (χ0) is 26.6. The molecule has 9 heteroatoms. The number of carbonyl (C=O) groups excluding carboxylic acids is 2. The maximum atomic E-state index is 13.4. The van der Waals surface area contributed by atoms with E-state index in [1.807, 2.05) is 61.5 Å². The van der Waals surface area contributed by atoms with Crippen LogP contribution in [0.3, 0.4) is 0 Å². The predicted molar refractivity (Wildman–Crippen MR) is 142 cm³/mol. The van der Waals surface area contributed by atoms with Crippen molar-refractivity contribution in [1.82, 2.24) is 15.2 Å². The Morgan fingerprint density at radius 3 is 2.74 bits per heavy atom. The Morgan fingerprint density at radius 2 is 1.95 bits per heavy atom. The van der Waals surface area contributed by atoms with E-state index in [1.54, 1.807) is 11.0 Å². The van der Waals surface area contributed by atoms with Crippen LogP contribution in [-0.2, 0) is 20.7 Å². The van der Waals surface area contributed by atoms with Gasteiger partial charge in [-0.05, 0) is 36.6 Å². The molecule has 1 aliphatic carbocycles. The van der Waals surface area contributed by atoms with Crippen LogP contribution >= 0.6 is 0 Å². The van der Waals surface area contributed by atoms with Crippen LogP contribution in [0.1, 0.15) is 24.1 Å². The van der Waals surface area contributed by atoms with Crippen LogP contribution in [0.4, 0.5) is 0 Å². The van der Waals surface area contributed by atoms with Crippen molar-refractivity contribution in [3.05, 3.63) is 77.5 Å². The molecule has 2 heterocycles. The van der Waals surface area contributed by atoms with Gasteiger partial charge in [-0.15, -0.1) is 0 Å². The van der Waals surface area contributed by atoms with Crippen LogP contribution in [0, 0.1) is 0 Å². The molecule has 38 heavy (non-hydrogen) atoms. The summed E-state index contributed by atoms with van der Waals surface area (Å²) in [5, 5.41) is 24.6. The number of aromatic nitrogens is 1. The van der Waals surface area contributed by atoms with Crippen molar-refractivity contribution >= 4 is 22.7 Å². The number of nitrogens with zero attached hydrogens (tertiary/aromatic N) is 1. The fourth-order valence-corrected chi connectivity index (χ4v) is 5.41. The number of hydrogen-bond acceptors (Lipinski definition) is 6. The second kappa shape index (κ2) is 11.4. The molecule has 1 aromatic heterocycles. The number of nitrogens with one attached hydrogen (secondary N) is 2. The first-order chi connectivity index (χ1) is 18.5. The van der Waals surface area contributed by atoms with Gasteiger partial charge in [-0.25, -0.2) is 0 Å². The summed E-state index contributed by atoms with van der Waals surface area (Å²) in [6, 6.07) is 16.6. The zero-order valence-electron chi connectivity index (χ0n) is 21.3. The molecule has 0 spiro atoms. The standard InChI is InChI=1S/C29H33N3O6/c1-2-37-17-25(34)32(13-11-19-15-18-7-3-5-9-22(18)31-19)23-16-21(29(36)30-12-14-33)26-20-8-4-6-10-24(20)38-28(26)27(23)35/h3-10,15-16,23,26-28,31,33,35H,2,11-14,17H2,1H3,(H,30,36)/t23-,26+,27+,28+/m1/s1. The van der Waals surface area contributed by atoms with Crippen molar-refractivity contribution < 1.29 is 29.3 Å². The van der Waals surface area contributed by atoms with Gasteiger partial charge >= 0.3 is 0 Å². The minimum absolute atomic E-state index is 0.0939. The summed E-state index contributed by atoms with van der Waals surface area (Å²) in [6.07, 6.45) is 0.381. The Hall–Kier alpha value is -3.66. The number of carbonyl (C=O) groups is 2. The average Bonchev–Trinajstić information content (AvgIpc) is 3.53. The van der Waals surface area contributed by atoms with Crippen LogP contribution in [0.5, 0.6) is 5.75 Å². The van der Waals surface area contributed by atoms with Crippen LogP contribution in [0.25, 0.3) is 10.9 Å². The van der Waals surface area contributed by atoms with E-state index in [0.717, 1.165) is 22.2 Å². The second-order valence-corrected chi connectivity index (χ2v) is 9.54. The molecule has 200 valence electrons. The molecule has 2 aromatic carbocycles. The Morgan fingerprint density at radius 1 is 1.16 bits per heavy atom. The largest absolute Gasteiger partial charge is 0.486 e. The van der Waals surface area contributed by atoms with Crippen LogP contribution in [0.15, 0.2) is 66.2 Å². The summed E-state index contributed by atoms with van der Waals surface area (Å²) in [7, 11) is 0. The first kappa shape index (κ1) is 26.0. The van der Waals surface area contributed by atoms with Crippen molar-refractivity contribution in [3.8, 4) is 5.75 Å². The normalized spacial score (nSPS) is 21.8. The minimum atomic E-state index is -1.07. The number of aromatic amines is 1. The van der Waals surface area contributed by atoms with Crippen LogP contribution in [0.2, 0.25) is 0 Å². The van der Waals surface area contributed by atoms with Gasteiger partial charge in [-0.2, -0.15) is 0 Å². The number of para-hydroxylation sites is 2. The second-order valence-electron chi connectivity index (χ2n) is 9.54. The number of fused-ring (bicyclic) bond motifs is 4. The third-order valence-corrected chi connectivity index (χ3v) is 7.19. The van der Waals surface area contributed by atoms with Gasteiger partial charge in [0, 0.05) is 48.5 Å². The van der Waals surface area contributed by atoms with E-state index < -0.39 is 24.2 Å². The van der Waals surface area contributed by atoms with Crippen molar-refractivity contribution in [1.29, 1.82) is 0 Å². The first-order valence-corrected chi connectivity index (χ1v) is 13.0. The van der Waals surface area contributed by atoms with Crippen molar-refractivity contribution in [3.63, 3.8) is 0 Å². The van der Waals surface area contributed by atoms with Crippen LogP contribution in [-0.4, -0.2) is 83.1 Å². The Labute approximate surface area is 221 Å². The number of ether oxygens (including phenoxy) is 2. The highest BCUT2D eigenvalue weighted by molar-refractivity contribution is 5.96. The third kappa shape index (κ3) is 5.05. The van der Waals surface area contributed by atoms with Gasteiger partial charge in [0.15, 0.2) is 0 Å². The lowest BCUT2D eigenvalue weighted by atomic mass is 9.77. The summed E-state index contributed by atoms with van der Waals surface area (Å²) in [6.45, 7) is 2.25.